The summed E-state index contributed by atoms with van der Waals surface area (Å²) in [5.41, 5.74) is 6.49. The molecule has 4 N–H and O–H groups in total. The molecule has 1 saturated carbocycles. The highest BCUT2D eigenvalue weighted by molar-refractivity contribution is 7.89. The number of nitrogens with one attached hydrogen (secondary N) is 2. The molecule has 0 aromatic heterocycles. The SMILES string of the molecule is CC(=O)Nc1ccc(S(=O)(=O)NC2CCC(N)CC2)c2ccccc12.Cl. The van der Waals surface area contributed by atoms with Gasteiger partial charge in [-0.25, -0.2) is 13.1 Å². The van der Waals surface area contributed by atoms with Gasteiger partial charge in [-0.15, -0.1) is 12.4 Å². The normalized spacial score (nSPS) is 20.4. The molecule has 6 nitrogen and oxygen atoms in total. The summed E-state index contributed by atoms with van der Waals surface area (Å²) in [5, 5.41) is 4.04. The summed E-state index contributed by atoms with van der Waals surface area (Å²) >= 11 is 0. The number of fused-ring (bicyclic) bond motifs is 1. The van der Waals surface area contributed by atoms with Crippen LogP contribution in [-0.4, -0.2) is 26.4 Å². The van der Waals surface area contributed by atoms with Crippen LogP contribution in [0.1, 0.15) is 32.6 Å². The average molecular weight is 398 g/mol. The van der Waals surface area contributed by atoms with Crippen molar-refractivity contribution in [2.45, 2.75) is 49.6 Å². The first-order valence-corrected chi connectivity index (χ1v) is 9.92. The number of rotatable bonds is 4. The summed E-state index contributed by atoms with van der Waals surface area (Å²) in [6, 6.07) is 10.4. The van der Waals surface area contributed by atoms with Crippen molar-refractivity contribution in [1.29, 1.82) is 0 Å². The maximum Gasteiger partial charge on any atom is 0.241 e. The molecule has 0 spiro atoms. The van der Waals surface area contributed by atoms with E-state index < -0.39 is 10.0 Å². The first-order chi connectivity index (χ1) is 11.9. The van der Waals surface area contributed by atoms with Gasteiger partial charge >= 0.3 is 0 Å². The van der Waals surface area contributed by atoms with Crippen LogP contribution in [0.3, 0.4) is 0 Å². The number of nitrogens with two attached hydrogens (primary N) is 1. The molecule has 1 aliphatic rings. The van der Waals surface area contributed by atoms with Crippen molar-refractivity contribution in [3.63, 3.8) is 0 Å². The van der Waals surface area contributed by atoms with Crippen molar-refractivity contribution in [1.82, 2.24) is 4.72 Å². The van der Waals surface area contributed by atoms with Gasteiger partial charge in [0, 0.05) is 35.5 Å². The number of carbonyl (C=O) groups is 1. The Balaban J connectivity index is 0.00000243. The van der Waals surface area contributed by atoms with Gasteiger partial charge < -0.3 is 11.1 Å². The maximum absolute atomic E-state index is 12.9. The molecule has 0 heterocycles. The summed E-state index contributed by atoms with van der Waals surface area (Å²) in [7, 11) is -3.65. The molecule has 26 heavy (non-hydrogen) atoms. The molecule has 0 bridgehead atoms. The number of carbonyl (C=O) groups excluding carboxylic acids is 1. The Bertz CT molecular complexity index is 894. The van der Waals surface area contributed by atoms with Gasteiger partial charge in [0.1, 0.15) is 0 Å². The molecule has 0 atom stereocenters. The molecule has 0 radical (unpaired) electrons. The van der Waals surface area contributed by atoms with Crippen LogP contribution >= 0.6 is 12.4 Å². The molecule has 1 amide bonds. The molecule has 1 fully saturated rings. The highest BCUT2D eigenvalue weighted by Gasteiger charge is 2.25. The van der Waals surface area contributed by atoms with Gasteiger partial charge in [0.2, 0.25) is 15.9 Å². The van der Waals surface area contributed by atoms with Gasteiger partial charge in [-0.05, 0) is 37.8 Å². The average Bonchev–Trinajstić information content (AvgIpc) is 2.56. The van der Waals surface area contributed by atoms with Crippen molar-refractivity contribution in [3.05, 3.63) is 36.4 Å². The molecule has 0 unspecified atom stereocenters. The zero-order valence-corrected chi connectivity index (χ0v) is 16.2. The number of amides is 1. The fourth-order valence-electron chi connectivity index (χ4n) is 3.32. The molecule has 0 saturated heterocycles. The van der Waals surface area contributed by atoms with Crippen LogP contribution in [0.5, 0.6) is 0 Å². The molecule has 8 heteroatoms. The number of anilines is 1. The molecular formula is C18H24ClN3O3S. The summed E-state index contributed by atoms with van der Waals surface area (Å²) in [4.78, 5) is 11.6. The van der Waals surface area contributed by atoms with Crippen molar-refractivity contribution < 1.29 is 13.2 Å². The van der Waals surface area contributed by atoms with E-state index in [0.29, 0.717) is 16.5 Å². The Kier molecular flexibility index (Phi) is 6.63. The molecule has 142 valence electrons. The van der Waals surface area contributed by atoms with Crippen LogP contribution in [0.15, 0.2) is 41.3 Å². The van der Waals surface area contributed by atoms with Crippen molar-refractivity contribution in [2.75, 3.05) is 5.32 Å². The van der Waals surface area contributed by atoms with Crippen LogP contribution in [0, 0.1) is 0 Å². The zero-order valence-electron chi connectivity index (χ0n) is 14.6. The van der Waals surface area contributed by atoms with Gasteiger partial charge in [0.05, 0.1) is 4.90 Å². The Morgan fingerprint density at radius 2 is 1.65 bits per heavy atom. The minimum absolute atomic E-state index is 0. The van der Waals surface area contributed by atoms with Crippen molar-refractivity contribution >= 4 is 44.8 Å². The summed E-state index contributed by atoms with van der Waals surface area (Å²) < 4.78 is 28.6. The first-order valence-electron chi connectivity index (χ1n) is 8.44. The van der Waals surface area contributed by atoms with E-state index >= 15 is 0 Å². The van der Waals surface area contributed by atoms with Crippen LogP contribution < -0.4 is 15.8 Å². The number of hydrogen-bond donors (Lipinski definition) is 3. The van der Waals surface area contributed by atoms with E-state index in [1.54, 1.807) is 30.3 Å². The summed E-state index contributed by atoms with van der Waals surface area (Å²) in [6.07, 6.45) is 3.16. The van der Waals surface area contributed by atoms with Gasteiger partial charge in [0.15, 0.2) is 0 Å². The molecule has 2 aromatic rings. The Labute approximate surface area is 160 Å². The zero-order chi connectivity index (χ0) is 18.0. The van der Waals surface area contributed by atoms with E-state index in [4.69, 9.17) is 5.73 Å². The minimum atomic E-state index is -3.65. The van der Waals surface area contributed by atoms with Gasteiger partial charge in [-0.1, -0.05) is 24.3 Å². The van der Waals surface area contributed by atoms with Gasteiger partial charge in [0.25, 0.3) is 0 Å². The van der Waals surface area contributed by atoms with Crippen molar-refractivity contribution in [3.8, 4) is 0 Å². The lowest BCUT2D eigenvalue weighted by atomic mass is 9.93. The number of benzene rings is 2. The summed E-state index contributed by atoms with van der Waals surface area (Å²) in [6.45, 7) is 1.43. The molecule has 1 aliphatic carbocycles. The second kappa shape index (κ2) is 8.35. The minimum Gasteiger partial charge on any atom is -0.328 e. The van der Waals surface area contributed by atoms with Crippen LogP contribution in [0.2, 0.25) is 0 Å². The number of hydrogen-bond acceptors (Lipinski definition) is 4. The smallest absolute Gasteiger partial charge is 0.241 e. The highest BCUT2D eigenvalue weighted by atomic mass is 35.5. The van der Waals surface area contributed by atoms with Crippen LogP contribution in [0.4, 0.5) is 5.69 Å². The third kappa shape index (κ3) is 4.54. The van der Waals surface area contributed by atoms with E-state index in [0.717, 1.165) is 25.7 Å². The quantitative estimate of drug-likeness (QED) is 0.738. The van der Waals surface area contributed by atoms with E-state index in [1.807, 2.05) is 6.07 Å². The van der Waals surface area contributed by atoms with Crippen LogP contribution in [0.25, 0.3) is 10.8 Å². The third-order valence-corrected chi connectivity index (χ3v) is 6.16. The topological polar surface area (TPSA) is 101 Å². The second-order valence-electron chi connectivity index (χ2n) is 6.57. The van der Waals surface area contributed by atoms with Crippen molar-refractivity contribution in [2.24, 2.45) is 5.73 Å². The predicted octanol–water partition coefficient (Wildman–Crippen LogP) is 2.77. The van der Waals surface area contributed by atoms with E-state index in [9.17, 15) is 13.2 Å². The molecular weight excluding hydrogens is 374 g/mol. The second-order valence-corrected chi connectivity index (χ2v) is 8.25. The fourth-order valence-corrected chi connectivity index (χ4v) is 4.84. The standard InChI is InChI=1S/C18H23N3O3S.ClH/c1-12(22)20-17-10-11-18(16-5-3-2-4-15(16)17)25(23,24)21-14-8-6-13(19)7-9-14;/h2-5,10-11,13-14,21H,6-9,19H2,1H3,(H,20,22);1H. The highest BCUT2D eigenvalue weighted by Crippen LogP contribution is 2.30. The summed E-state index contributed by atoms with van der Waals surface area (Å²) in [5.74, 6) is -0.197. The van der Waals surface area contributed by atoms with Crippen LogP contribution in [-0.2, 0) is 14.8 Å². The maximum atomic E-state index is 12.9. The van der Waals surface area contributed by atoms with E-state index in [2.05, 4.69) is 10.0 Å². The third-order valence-electron chi connectivity index (χ3n) is 4.58. The Morgan fingerprint density at radius 3 is 2.27 bits per heavy atom. The fraction of sp³-hybridized carbons (Fsp3) is 0.389. The van der Waals surface area contributed by atoms with Gasteiger partial charge in [-0.2, -0.15) is 0 Å². The number of sulfonamides is 1. The predicted molar refractivity (Wildman–Crippen MR) is 106 cm³/mol. The monoisotopic (exact) mass is 397 g/mol. The van der Waals surface area contributed by atoms with E-state index in [-0.39, 0.29) is 35.3 Å². The lowest BCUT2D eigenvalue weighted by molar-refractivity contribution is -0.114. The lowest BCUT2D eigenvalue weighted by Gasteiger charge is -2.26. The lowest BCUT2D eigenvalue weighted by Crippen LogP contribution is -2.40. The molecule has 2 aromatic carbocycles. The Hall–Kier alpha value is -1.67. The molecule has 0 aliphatic heterocycles. The molecule has 3 rings (SSSR count). The Morgan fingerprint density at radius 1 is 1.04 bits per heavy atom. The van der Waals surface area contributed by atoms with E-state index in [1.165, 1.54) is 6.92 Å². The van der Waals surface area contributed by atoms with Gasteiger partial charge in [-0.3, -0.25) is 4.79 Å². The number of halogens is 1. The first kappa shape index (κ1) is 20.6. The largest absolute Gasteiger partial charge is 0.328 e.